The molecule has 3 rings (SSSR count). The minimum absolute atomic E-state index is 0.488. The molecule has 1 aliphatic carbocycles. The maximum atomic E-state index is 6.01. The summed E-state index contributed by atoms with van der Waals surface area (Å²) in [7, 11) is 1.81. The average molecular weight is 232 g/mol. The van der Waals surface area contributed by atoms with Gasteiger partial charge in [-0.05, 0) is 36.5 Å². The monoisotopic (exact) mass is 232 g/mol. The summed E-state index contributed by atoms with van der Waals surface area (Å²) in [6.45, 7) is 2.20. The van der Waals surface area contributed by atoms with Crippen LogP contribution in [0.15, 0.2) is 18.2 Å². The molecule has 3 nitrogen and oxygen atoms in total. The van der Waals surface area contributed by atoms with Gasteiger partial charge in [0.1, 0.15) is 0 Å². The highest BCUT2D eigenvalue weighted by Gasteiger charge is 2.35. The number of benzene rings is 1. The van der Waals surface area contributed by atoms with Crippen LogP contribution in [0.2, 0.25) is 0 Å². The third-order valence-electron chi connectivity index (χ3n) is 4.25. The highest BCUT2D eigenvalue weighted by molar-refractivity contribution is 5.51. The van der Waals surface area contributed by atoms with E-state index in [1.165, 1.54) is 24.0 Å². The molecule has 1 aromatic carbocycles. The average Bonchev–Trinajstić information content (AvgIpc) is 2.28. The predicted octanol–water partition coefficient (Wildman–Crippen LogP) is 1.80. The number of hydrogen-bond donors (Lipinski definition) is 1. The second kappa shape index (κ2) is 4.31. The zero-order valence-electron chi connectivity index (χ0n) is 10.4. The zero-order valence-corrected chi connectivity index (χ0v) is 10.4. The molecule has 1 aromatic rings. The van der Waals surface area contributed by atoms with Gasteiger partial charge < -0.3 is 10.5 Å². The Hall–Kier alpha value is -1.06. The summed E-state index contributed by atoms with van der Waals surface area (Å²) in [6, 6.07) is 7.01. The smallest absolute Gasteiger partial charge is 0.0601 e. The van der Waals surface area contributed by atoms with Gasteiger partial charge in [-0.2, -0.15) is 0 Å². The number of anilines is 1. The third-order valence-corrected chi connectivity index (χ3v) is 4.25. The number of nitrogen functional groups attached to an aromatic ring is 1. The number of ether oxygens (including phenoxy) is 1. The molecular weight excluding hydrogens is 212 g/mol. The van der Waals surface area contributed by atoms with E-state index in [-0.39, 0.29) is 0 Å². The van der Waals surface area contributed by atoms with Crippen molar-refractivity contribution in [3.05, 3.63) is 29.3 Å². The standard InChI is InChI=1S/C14H20N2O/c1-17-12-7-11(8-12)16-6-5-13-10(9-16)3-2-4-14(13)15/h2-4,11-12H,5-9,15H2,1H3. The molecule has 1 saturated carbocycles. The van der Waals surface area contributed by atoms with Crippen molar-refractivity contribution in [3.63, 3.8) is 0 Å². The first-order valence-corrected chi connectivity index (χ1v) is 6.41. The van der Waals surface area contributed by atoms with Crippen molar-refractivity contribution in [2.75, 3.05) is 19.4 Å². The summed E-state index contributed by atoms with van der Waals surface area (Å²) < 4.78 is 5.35. The van der Waals surface area contributed by atoms with Crippen LogP contribution in [-0.4, -0.2) is 30.7 Å². The molecule has 0 atom stereocenters. The molecule has 0 unspecified atom stereocenters. The van der Waals surface area contributed by atoms with Gasteiger partial charge in [0.15, 0.2) is 0 Å². The summed E-state index contributed by atoms with van der Waals surface area (Å²) in [5, 5.41) is 0. The van der Waals surface area contributed by atoms with Crippen molar-refractivity contribution in [1.82, 2.24) is 4.90 Å². The van der Waals surface area contributed by atoms with Crippen LogP contribution < -0.4 is 5.73 Å². The van der Waals surface area contributed by atoms with Crippen molar-refractivity contribution >= 4 is 5.69 Å². The summed E-state index contributed by atoms with van der Waals surface area (Å²) in [5.41, 5.74) is 9.76. The maximum absolute atomic E-state index is 6.01. The number of nitrogens with two attached hydrogens (primary N) is 1. The van der Waals surface area contributed by atoms with Crippen LogP contribution in [0.1, 0.15) is 24.0 Å². The molecule has 0 saturated heterocycles. The second-order valence-corrected chi connectivity index (χ2v) is 5.19. The van der Waals surface area contributed by atoms with Crippen molar-refractivity contribution in [2.24, 2.45) is 0 Å². The van der Waals surface area contributed by atoms with Crippen LogP contribution >= 0.6 is 0 Å². The minimum atomic E-state index is 0.488. The molecule has 2 N–H and O–H groups in total. The van der Waals surface area contributed by atoms with Crippen LogP contribution in [0.25, 0.3) is 0 Å². The Labute approximate surface area is 103 Å². The lowest BCUT2D eigenvalue weighted by molar-refractivity contribution is -0.0313. The Morgan fingerprint density at radius 3 is 2.94 bits per heavy atom. The summed E-state index contributed by atoms with van der Waals surface area (Å²) in [6.07, 6.45) is 3.96. The second-order valence-electron chi connectivity index (χ2n) is 5.19. The maximum Gasteiger partial charge on any atom is 0.0601 e. The molecule has 0 spiro atoms. The van der Waals surface area contributed by atoms with E-state index in [0.717, 1.165) is 31.2 Å². The zero-order chi connectivity index (χ0) is 11.8. The Morgan fingerprint density at radius 1 is 1.35 bits per heavy atom. The van der Waals surface area contributed by atoms with E-state index < -0.39 is 0 Å². The van der Waals surface area contributed by atoms with Gasteiger partial charge in [-0.3, -0.25) is 4.90 Å². The summed E-state index contributed by atoms with van der Waals surface area (Å²) in [5.74, 6) is 0. The molecule has 2 aliphatic rings. The molecule has 0 bridgehead atoms. The predicted molar refractivity (Wildman–Crippen MR) is 68.8 cm³/mol. The lowest BCUT2D eigenvalue weighted by Gasteiger charge is -2.44. The summed E-state index contributed by atoms with van der Waals surface area (Å²) in [4.78, 5) is 2.58. The first kappa shape index (κ1) is 11.1. The molecule has 1 heterocycles. The van der Waals surface area contributed by atoms with Crippen molar-refractivity contribution in [2.45, 2.75) is 38.0 Å². The number of rotatable bonds is 2. The fourth-order valence-corrected chi connectivity index (χ4v) is 3.00. The quantitative estimate of drug-likeness (QED) is 0.790. The van der Waals surface area contributed by atoms with Gasteiger partial charge >= 0.3 is 0 Å². The Bertz CT molecular complexity index is 413. The Balaban J connectivity index is 1.69. The Morgan fingerprint density at radius 2 is 2.18 bits per heavy atom. The number of methoxy groups -OCH3 is 1. The first-order chi connectivity index (χ1) is 8.28. The topological polar surface area (TPSA) is 38.5 Å². The molecular formula is C14H20N2O. The fourth-order valence-electron chi connectivity index (χ4n) is 3.00. The van der Waals surface area contributed by atoms with Crippen molar-refractivity contribution in [1.29, 1.82) is 0 Å². The van der Waals surface area contributed by atoms with E-state index in [4.69, 9.17) is 10.5 Å². The normalized spacial score (nSPS) is 28.5. The largest absolute Gasteiger partial charge is 0.398 e. The van der Waals surface area contributed by atoms with Gasteiger partial charge in [-0.15, -0.1) is 0 Å². The molecule has 92 valence electrons. The molecule has 0 amide bonds. The lowest BCUT2D eigenvalue weighted by atomic mass is 9.85. The number of hydrogen-bond acceptors (Lipinski definition) is 3. The van der Waals surface area contributed by atoms with Crippen molar-refractivity contribution in [3.8, 4) is 0 Å². The lowest BCUT2D eigenvalue weighted by Crippen LogP contribution is -2.49. The van der Waals surface area contributed by atoms with Gasteiger partial charge in [0, 0.05) is 31.9 Å². The highest BCUT2D eigenvalue weighted by Crippen LogP contribution is 2.32. The molecule has 3 heteroatoms. The van der Waals surface area contributed by atoms with Crippen LogP contribution in [0, 0.1) is 0 Å². The van der Waals surface area contributed by atoms with E-state index >= 15 is 0 Å². The number of fused-ring (bicyclic) bond motifs is 1. The van der Waals surface area contributed by atoms with E-state index in [1.54, 1.807) is 0 Å². The van der Waals surface area contributed by atoms with E-state index in [2.05, 4.69) is 17.0 Å². The van der Waals surface area contributed by atoms with Gasteiger partial charge in [-0.25, -0.2) is 0 Å². The van der Waals surface area contributed by atoms with Crippen LogP contribution in [0.4, 0.5) is 5.69 Å². The van der Waals surface area contributed by atoms with Gasteiger partial charge in [-0.1, -0.05) is 12.1 Å². The van der Waals surface area contributed by atoms with E-state index in [9.17, 15) is 0 Å². The van der Waals surface area contributed by atoms with Crippen LogP contribution in [0.5, 0.6) is 0 Å². The van der Waals surface area contributed by atoms with Gasteiger partial charge in [0.25, 0.3) is 0 Å². The van der Waals surface area contributed by atoms with E-state index in [1.807, 2.05) is 13.2 Å². The first-order valence-electron chi connectivity index (χ1n) is 6.41. The van der Waals surface area contributed by atoms with Crippen molar-refractivity contribution < 1.29 is 4.74 Å². The number of nitrogens with zero attached hydrogens (tertiary/aromatic N) is 1. The Kier molecular flexibility index (Phi) is 2.81. The van der Waals surface area contributed by atoms with Gasteiger partial charge in [0.05, 0.1) is 6.10 Å². The highest BCUT2D eigenvalue weighted by atomic mass is 16.5. The van der Waals surface area contributed by atoms with Gasteiger partial charge in [0.2, 0.25) is 0 Å². The van der Waals surface area contributed by atoms with E-state index in [0.29, 0.717) is 6.10 Å². The fraction of sp³-hybridized carbons (Fsp3) is 0.571. The molecule has 1 fully saturated rings. The molecule has 17 heavy (non-hydrogen) atoms. The minimum Gasteiger partial charge on any atom is -0.398 e. The van der Waals surface area contributed by atoms with Crippen LogP contribution in [-0.2, 0) is 17.7 Å². The molecule has 0 radical (unpaired) electrons. The molecule has 1 aliphatic heterocycles. The van der Waals surface area contributed by atoms with Crippen LogP contribution in [0.3, 0.4) is 0 Å². The summed E-state index contributed by atoms with van der Waals surface area (Å²) >= 11 is 0. The molecule has 0 aromatic heterocycles. The SMILES string of the molecule is COC1CC(N2CCc3c(N)cccc3C2)C1. The third kappa shape index (κ3) is 1.94.